The molecule has 7 nitrogen and oxygen atoms in total. The molecule has 0 unspecified atom stereocenters. The van der Waals surface area contributed by atoms with Crippen molar-refractivity contribution in [3.8, 4) is 22.5 Å². The van der Waals surface area contributed by atoms with E-state index in [0.717, 1.165) is 46.0 Å². The van der Waals surface area contributed by atoms with Crippen LogP contribution in [0.2, 0.25) is 0 Å². The van der Waals surface area contributed by atoms with Gasteiger partial charge >= 0.3 is 0 Å². The number of carbonyl (C=O) groups is 1. The van der Waals surface area contributed by atoms with Crippen LogP contribution < -0.4 is 5.32 Å². The molecule has 0 atom stereocenters. The fourth-order valence-corrected chi connectivity index (χ4v) is 3.42. The maximum atomic E-state index is 10.9. The van der Waals surface area contributed by atoms with Crippen molar-refractivity contribution in [2.24, 2.45) is 7.05 Å². The van der Waals surface area contributed by atoms with Gasteiger partial charge in [-0.3, -0.25) is 18.9 Å². The van der Waals surface area contributed by atoms with Crippen LogP contribution in [0.1, 0.15) is 18.3 Å². The number of aryl methyl sites for hydroxylation is 2. The average Bonchev–Trinajstić information content (AvgIpc) is 3.22. The number of hydrogen-bond acceptors (Lipinski definition) is 4. The number of hydrogen-bond donors (Lipinski definition) is 1. The number of anilines is 1. The Bertz CT molecular complexity index is 1140. The number of pyridine rings is 2. The highest BCUT2D eigenvalue weighted by molar-refractivity contribution is 5.82. The number of aromatic nitrogens is 5. The highest BCUT2D eigenvalue weighted by Crippen LogP contribution is 2.34. The summed E-state index contributed by atoms with van der Waals surface area (Å²) in [5.74, 6) is 0.624. The molecule has 4 aromatic heterocycles. The highest BCUT2D eigenvalue weighted by Gasteiger charge is 2.20. The summed E-state index contributed by atoms with van der Waals surface area (Å²) in [6.45, 7) is 4.09. The molecule has 0 aliphatic heterocycles. The molecular formula is C20H20N6O. The van der Waals surface area contributed by atoms with Gasteiger partial charge in [0.05, 0.1) is 11.9 Å². The third-order valence-corrected chi connectivity index (χ3v) is 4.63. The molecule has 4 heterocycles. The first-order chi connectivity index (χ1) is 13.1. The highest BCUT2D eigenvalue weighted by atomic mass is 16.1. The van der Waals surface area contributed by atoms with Crippen molar-refractivity contribution in [2.75, 3.05) is 5.32 Å². The standard InChI is InChI=1S/C20H20N6O/c1-4-16-19(20(24-25(16)3)15-7-5-6-13(2)23-15)14-8-9-17-21-10-18(22-12-27)26(17)11-14/h5-12H,4H2,1-3H3,(H,22,27). The Hall–Kier alpha value is -3.48. The molecule has 0 saturated carbocycles. The van der Waals surface area contributed by atoms with Gasteiger partial charge in [-0.25, -0.2) is 4.98 Å². The normalized spacial score (nSPS) is 11.1. The number of imidazole rings is 1. The third kappa shape index (κ3) is 2.87. The van der Waals surface area contributed by atoms with E-state index in [9.17, 15) is 4.79 Å². The second-order valence-electron chi connectivity index (χ2n) is 6.36. The zero-order chi connectivity index (χ0) is 19.0. The molecule has 1 amide bonds. The Kier molecular flexibility index (Phi) is 4.19. The van der Waals surface area contributed by atoms with Crippen molar-refractivity contribution < 1.29 is 4.79 Å². The fourth-order valence-electron chi connectivity index (χ4n) is 3.42. The van der Waals surface area contributed by atoms with Gasteiger partial charge in [-0.05, 0) is 37.6 Å². The van der Waals surface area contributed by atoms with Crippen LogP contribution in [0.4, 0.5) is 5.82 Å². The second kappa shape index (κ2) is 6.68. The molecule has 136 valence electrons. The van der Waals surface area contributed by atoms with Crippen LogP contribution in [0.5, 0.6) is 0 Å². The van der Waals surface area contributed by atoms with Gasteiger partial charge in [0, 0.05) is 35.8 Å². The lowest BCUT2D eigenvalue weighted by Gasteiger charge is -2.08. The molecule has 0 spiro atoms. The van der Waals surface area contributed by atoms with E-state index in [1.807, 2.05) is 59.6 Å². The average molecular weight is 360 g/mol. The number of nitrogens with one attached hydrogen (secondary N) is 1. The molecule has 4 aromatic rings. The van der Waals surface area contributed by atoms with Crippen LogP contribution in [0.3, 0.4) is 0 Å². The van der Waals surface area contributed by atoms with E-state index in [1.165, 1.54) is 0 Å². The van der Waals surface area contributed by atoms with Crippen molar-refractivity contribution in [1.29, 1.82) is 0 Å². The van der Waals surface area contributed by atoms with Crippen LogP contribution in [0, 0.1) is 6.92 Å². The summed E-state index contributed by atoms with van der Waals surface area (Å²) in [4.78, 5) is 19.9. The summed E-state index contributed by atoms with van der Waals surface area (Å²) >= 11 is 0. The van der Waals surface area contributed by atoms with Gasteiger partial charge in [0.2, 0.25) is 6.41 Å². The first kappa shape index (κ1) is 17.0. The monoisotopic (exact) mass is 360 g/mol. The minimum Gasteiger partial charge on any atom is -0.313 e. The topological polar surface area (TPSA) is 77.1 Å². The van der Waals surface area contributed by atoms with Gasteiger partial charge in [0.25, 0.3) is 0 Å². The maximum Gasteiger partial charge on any atom is 0.212 e. The van der Waals surface area contributed by atoms with E-state index >= 15 is 0 Å². The number of carbonyl (C=O) groups excluding carboxylic acids is 1. The minimum atomic E-state index is 0.624. The van der Waals surface area contributed by atoms with Gasteiger partial charge in [-0.2, -0.15) is 5.10 Å². The summed E-state index contributed by atoms with van der Waals surface area (Å²) in [6.07, 6.45) is 5.11. The summed E-state index contributed by atoms with van der Waals surface area (Å²) in [7, 11) is 1.96. The molecule has 1 N–H and O–H groups in total. The van der Waals surface area contributed by atoms with Crippen molar-refractivity contribution in [2.45, 2.75) is 20.3 Å². The van der Waals surface area contributed by atoms with Gasteiger partial charge in [0.15, 0.2) is 0 Å². The van der Waals surface area contributed by atoms with Gasteiger partial charge in [-0.15, -0.1) is 0 Å². The molecule has 7 heteroatoms. The molecule has 0 aliphatic carbocycles. The lowest BCUT2D eigenvalue weighted by molar-refractivity contribution is -0.105. The van der Waals surface area contributed by atoms with Crippen molar-refractivity contribution >= 4 is 17.9 Å². The summed E-state index contributed by atoms with van der Waals surface area (Å²) in [5, 5.41) is 7.44. The number of rotatable bonds is 5. The van der Waals surface area contributed by atoms with Crippen LogP contribution >= 0.6 is 0 Å². The molecule has 27 heavy (non-hydrogen) atoms. The van der Waals surface area contributed by atoms with Crippen LogP contribution in [-0.4, -0.2) is 30.6 Å². The van der Waals surface area contributed by atoms with Gasteiger partial charge in [0.1, 0.15) is 17.2 Å². The Morgan fingerprint density at radius 2 is 2.07 bits per heavy atom. The van der Waals surface area contributed by atoms with Crippen molar-refractivity contribution in [1.82, 2.24) is 24.1 Å². The van der Waals surface area contributed by atoms with Crippen LogP contribution in [0.15, 0.2) is 42.7 Å². The summed E-state index contributed by atoms with van der Waals surface area (Å²) in [5.41, 5.74) is 6.57. The van der Waals surface area contributed by atoms with Crippen molar-refractivity contribution in [3.63, 3.8) is 0 Å². The first-order valence-electron chi connectivity index (χ1n) is 8.80. The van der Waals surface area contributed by atoms with E-state index in [0.29, 0.717) is 12.2 Å². The lowest BCUT2D eigenvalue weighted by atomic mass is 10.0. The Balaban J connectivity index is 1.96. The van der Waals surface area contributed by atoms with E-state index in [1.54, 1.807) is 6.20 Å². The number of nitrogens with zero attached hydrogens (tertiary/aromatic N) is 5. The molecule has 4 rings (SSSR count). The minimum absolute atomic E-state index is 0.624. The molecule has 0 fully saturated rings. The number of amides is 1. The van der Waals surface area contributed by atoms with E-state index in [2.05, 4.69) is 22.2 Å². The molecule has 0 radical (unpaired) electrons. The molecular weight excluding hydrogens is 340 g/mol. The maximum absolute atomic E-state index is 10.9. The Morgan fingerprint density at radius 3 is 2.81 bits per heavy atom. The third-order valence-electron chi connectivity index (χ3n) is 4.63. The molecule has 0 saturated heterocycles. The Morgan fingerprint density at radius 1 is 1.22 bits per heavy atom. The predicted molar refractivity (Wildman–Crippen MR) is 104 cm³/mol. The van der Waals surface area contributed by atoms with Gasteiger partial charge in [-0.1, -0.05) is 13.0 Å². The molecule has 0 aromatic carbocycles. The van der Waals surface area contributed by atoms with Crippen LogP contribution in [-0.2, 0) is 18.3 Å². The van der Waals surface area contributed by atoms with Gasteiger partial charge < -0.3 is 5.32 Å². The number of fused-ring (bicyclic) bond motifs is 1. The zero-order valence-corrected chi connectivity index (χ0v) is 15.5. The predicted octanol–water partition coefficient (Wildman–Crippen LogP) is 3.24. The largest absolute Gasteiger partial charge is 0.313 e. The fraction of sp³-hybridized carbons (Fsp3) is 0.200. The summed E-state index contributed by atoms with van der Waals surface area (Å²) < 4.78 is 3.78. The summed E-state index contributed by atoms with van der Waals surface area (Å²) in [6, 6.07) is 9.91. The molecule has 0 aliphatic rings. The first-order valence-corrected chi connectivity index (χ1v) is 8.80. The smallest absolute Gasteiger partial charge is 0.212 e. The van der Waals surface area contributed by atoms with E-state index in [4.69, 9.17) is 5.10 Å². The molecule has 0 bridgehead atoms. The Labute approximate surface area is 156 Å². The SMILES string of the molecule is CCc1c(-c2ccc3ncc(NC=O)n3c2)c(-c2cccc(C)n2)nn1C. The van der Waals surface area contributed by atoms with Crippen LogP contribution in [0.25, 0.3) is 28.2 Å². The van der Waals surface area contributed by atoms with E-state index in [-0.39, 0.29) is 0 Å². The quantitative estimate of drug-likeness (QED) is 0.554. The lowest BCUT2D eigenvalue weighted by Crippen LogP contribution is -1.99. The van der Waals surface area contributed by atoms with Crippen molar-refractivity contribution in [3.05, 3.63) is 54.1 Å². The zero-order valence-electron chi connectivity index (χ0n) is 15.5. The van der Waals surface area contributed by atoms with E-state index < -0.39 is 0 Å². The second-order valence-corrected chi connectivity index (χ2v) is 6.36.